The first kappa shape index (κ1) is 56.5. The van der Waals surface area contributed by atoms with Gasteiger partial charge in [-0.05, 0) is 137 Å². The van der Waals surface area contributed by atoms with E-state index in [9.17, 15) is 37.5 Å². The number of rotatable bonds is 27. The highest BCUT2D eigenvalue weighted by molar-refractivity contribution is 7.99. The molecule has 7 aromatic rings. The number of urea groups is 1. The molecule has 77 heavy (non-hydrogen) atoms. The molecule has 0 aliphatic carbocycles. The molecule has 0 fully saturated rings. The number of aromatic hydroxyl groups is 1. The fraction of sp³-hybridized carbons (Fsp3) is 0.259. The summed E-state index contributed by atoms with van der Waals surface area (Å²) in [6.45, 7) is 3.85. The number of esters is 2. The average molecular weight is 1110 g/mol. The Kier molecular flexibility index (Phi) is 20.2. The maximum absolute atomic E-state index is 14.3. The van der Waals surface area contributed by atoms with Crippen molar-refractivity contribution in [2.24, 2.45) is 0 Å². The fourth-order valence-corrected chi connectivity index (χ4v) is 10.2. The van der Waals surface area contributed by atoms with Crippen molar-refractivity contribution in [1.29, 1.82) is 0 Å². The van der Waals surface area contributed by atoms with Gasteiger partial charge in [-0.1, -0.05) is 107 Å². The SMILES string of the molecule is CCCCCCCCCCCCOC(=O)C(C)OC(=O)c1ccc(Cl)c(NC(=O)c2c(O)cc3ccccc3c2Sc2nnnn2-c2ccc(NC(=O)Nc3cccc(S(=O)(=O)Nc4ccc(NNC=O)cc4)c3)cc2)c1. The summed E-state index contributed by atoms with van der Waals surface area (Å²) < 4.78 is 41.0. The number of halogens is 1. The number of phenolic OH excluding ortho intramolecular Hbond substituents is 1. The van der Waals surface area contributed by atoms with Gasteiger partial charge in [0.05, 0.1) is 44.7 Å². The topological polar surface area (TPSA) is 274 Å². The molecule has 23 heteroatoms. The number of phenols is 1. The molecule has 1 atom stereocenters. The molecule has 4 amide bonds. The van der Waals surface area contributed by atoms with Gasteiger partial charge in [0.2, 0.25) is 11.6 Å². The molecule has 0 saturated carbocycles. The Labute approximate surface area is 454 Å². The van der Waals surface area contributed by atoms with Gasteiger partial charge in [0.15, 0.2) is 6.10 Å². The number of tetrazole rings is 1. The number of nitrogens with one attached hydrogen (secondary N) is 6. The van der Waals surface area contributed by atoms with Gasteiger partial charge in [0, 0.05) is 22.0 Å². The zero-order valence-corrected chi connectivity index (χ0v) is 44.5. The van der Waals surface area contributed by atoms with Gasteiger partial charge in [-0.15, -0.1) is 5.10 Å². The summed E-state index contributed by atoms with van der Waals surface area (Å²) in [7, 11) is -4.06. The van der Waals surface area contributed by atoms with Crippen LogP contribution in [0, 0.1) is 0 Å². The highest BCUT2D eigenvalue weighted by atomic mass is 35.5. The van der Waals surface area contributed by atoms with E-state index in [0.29, 0.717) is 40.7 Å². The third kappa shape index (κ3) is 15.9. The van der Waals surface area contributed by atoms with Crippen molar-refractivity contribution in [3.8, 4) is 11.4 Å². The third-order valence-electron chi connectivity index (χ3n) is 11.8. The second-order valence-electron chi connectivity index (χ2n) is 17.6. The van der Waals surface area contributed by atoms with Crippen LogP contribution in [0.1, 0.15) is 98.8 Å². The van der Waals surface area contributed by atoms with Crippen LogP contribution in [0.25, 0.3) is 16.5 Å². The number of carbonyl (C=O) groups is 5. The zero-order valence-electron chi connectivity index (χ0n) is 42.1. The van der Waals surface area contributed by atoms with Gasteiger partial charge in [0.1, 0.15) is 5.75 Å². The Bertz CT molecular complexity index is 3310. The molecular formula is C54H57ClN10O10S2. The molecule has 402 valence electrons. The number of hydrogen-bond donors (Lipinski definition) is 7. The number of unbranched alkanes of at least 4 members (excludes halogenated alkanes) is 9. The molecular weight excluding hydrogens is 1050 g/mol. The number of ether oxygens (including phenoxy) is 2. The number of carbonyl (C=O) groups excluding carboxylic acids is 5. The summed E-state index contributed by atoms with van der Waals surface area (Å²) in [5, 5.41) is 33.2. The summed E-state index contributed by atoms with van der Waals surface area (Å²) in [6, 6.07) is 30.2. The number of anilines is 5. The van der Waals surface area contributed by atoms with Crippen LogP contribution in [0.15, 0.2) is 136 Å². The number of sulfonamides is 1. The molecule has 0 radical (unpaired) electrons. The van der Waals surface area contributed by atoms with E-state index in [-0.39, 0.29) is 60.5 Å². The molecule has 7 N–H and O–H groups in total. The van der Waals surface area contributed by atoms with Gasteiger partial charge in [-0.2, -0.15) is 4.68 Å². The first-order valence-corrected chi connectivity index (χ1v) is 27.5. The van der Waals surface area contributed by atoms with E-state index in [0.717, 1.165) is 31.0 Å². The normalized spacial score (nSPS) is 11.5. The number of nitrogens with zero attached hydrogens (tertiary/aromatic N) is 4. The molecule has 1 heterocycles. The molecule has 0 bridgehead atoms. The Morgan fingerprint density at radius 1 is 0.766 bits per heavy atom. The third-order valence-corrected chi connectivity index (χ3v) is 14.6. The van der Waals surface area contributed by atoms with E-state index in [4.69, 9.17) is 21.1 Å². The summed E-state index contributed by atoms with van der Waals surface area (Å²) in [5.74, 6) is -2.68. The van der Waals surface area contributed by atoms with Gasteiger partial charge in [0.25, 0.3) is 15.9 Å². The zero-order chi connectivity index (χ0) is 54.7. The smallest absolute Gasteiger partial charge is 0.347 e. The van der Waals surface area contributed by atoms with Crippen molar-refractivity contribution in [2.75, 3.05) is 32.7 Å². The number of hydrazine groups is 1. The first-order chi connectivity index (χ1) is 37.2. The molecule has 6 aromatic carbocycles. The minimum atomic E-state index is -4.06. The quantitative estimate of drug-likeness (QED) is 0.0109. The number of aromatic nitrogens is 4. The first-order valence-electron chi connectivity index (χ1n) is 24.8. The predicted octanol–water partition coefficient (Wildman–Crippen LogP) is 11.1. The molecule has 0 saturated heterocycles. The van der Waals surface area contributed by atoms with E-state index >= 15 is 0 Å². The van der Waals surface area contributed by atoms with E-state index < -0.39 is 40.0 Å². The molecule has 20 nitrogen and oxygen atoms in total. The molecule has 7 rings (SSSR count). The largest absolute Gasteiger partial charge is 0.507 e. The lowest BCUT2D eigenvalue weighted by Crippen LogP contribution is -2.26. The van der Waals surface area contributed by atoms with E-state index in [2.05, 4.69) is 54.0 Å². The lowest BCUT2D eigenvalue weighted by atomic mass is 10.0. The second-order valence-corrected chi connectivity index (χ2v) is 20.6. The molecule has 0 spiro atoms. The van der Waals surface area contributed by atoms with E-state index in [1.165, 1.54) is 111 Å². The molecule has 1 aromatic heterocycles. The number of amides is 4. The summed E-state index contributed by atoms with van der Waals surface area (Å²) in [6.07, 6.45) is 10.6. The number of hydrogen-bond acceptors (Lipinski definition) is 15. The van der Waals surface area contributed by atoms with Crippen LogP contribution in [-0.2, 0) is 29.1 Å². The van der Waals surface area contributed by atoms with Crippen LogP contribution in [0.4, 0.5) is 33.2 Å². The Balaban J connectivity index is 0.973. The summed E-state index contributed by atoms with van der Waals surface area (Å²) in [5.41, 5.74) is 6.60. The fourth-order valence-electron chi connectivity index (χ4n) is 7.88. The van der Waals surface area contributed by atoms with Crippen molar-refractivity contribution >= 4 is 103 Å². The Morgan fingerprint density at radius 3 is 2.17 bits per heavy atom. The standard InChI is InChI=1S/C54H57ClN10O10S2/c1-3-4-5-6-7-8-9-10-11-14-30-74-51(69)35(2)75-52(70)37-20-29-45(55)46(31-37)59-50(68)48-47(67)32-36-16-12-13-19-44(36)49(48)76-54-61-63-64-65(54)42-27-25-38(26-28-42)57-53(71)58-41-17-15-18-43(33-41)77(72,73)62-40-23-21-39(22-24-40)60-56-34-66/h12-13,15-29,31-35,60,62,67H,3-11,14,30H2,1-2H3,(H,56,66)(H,59,68)(H2,57,58,71). The van der Waals surface area contributed by atoms with Crippen molar-refractivity contribution < 1.29 is 47.0 Å². The van der Waals surface area contributed by atoms with Crippen LogP contribution >= 0.6 is 23.4 Å². The van der Waals surface area contributed by atoms with Crippen molar-refractivity contribution in [3.63, 3.8) is 0 Å². The predicted molar refractivity (Wildman–Crippen MR) is 295 cm³/mol. The van der Waals surface area contributed by atoms with Crippen LogP contribution in [0.5, 0.6) is 5.75 Å². The maximum atomic E-state index is 14.3. The van der Waals surface area contributed by atoms with Crippen molar-refractivity contribution in [3.05, 3.63) is 137 Å². The second kappa shape index (κ2) is 27.5. The van der Waals surface area contributed by atoms with Crippen LogP contribution in [0.3, 0.4) is 0 Å². The minimum absolute atomic E-state index is 0.00550. The van der Waals surface area contributed by atoms with Crippen LogP contribution in [-0.4, -0.2) is 76.7 Å². The van der Waals surface area contributed by atoms with Crippen LogP contribution in [0.2, 0.25) is 5.02 Å². The van der Waals surface area contributed by atoms with Crippen molar-refractivity contribution in [2.45, 2.75) is 99.1 Å². The summed E-state index contributed by atoms with van der Waals surface area (Å²) >= 11 is 7.53. The van der Waals surface area contributed by atoms with Crippen LogP contribution < -0.4 is 31.5 Å². The molecule has 1 unspecified atom stereocenters. The minimum Gasteiger partial charge on any atom is -0.507 e. The monoisotopic (exact) mass is 1100 g/mol. The maximum Gasteiger partial charge on any atom is 0.347 e. The van der Waals surface area contributed by atoms with Gasteiger partial charge in [-0.25, -0.2) is 22.8 Å². The number of fused-ring (bicyclic) bond motifs is 1. The highest BCUT2D eigenvalue weighted by Gasteiger charge is 2.26. The Hall–Kier alpha value is -8.21. The lowest BCUT2D eigenvalue weighted by Gasteiger charge is -2.16. The number of benzene rings is 6. The molecule has 0 aliphatic rings. The molecule has 0 aliphatic heterocycles. The summed E-state index contributed by atoms with van der Waals surface area (Å²) in [4.78, 5) is 64.0. The average Bonchev–Trinajstić information content (AvgIpc) is 3.88. The van der Waals surface area contributed by atoms with Crippen molar-refractivity contribution in [1.82, 2.24) is 25.6 Å². The van der Waals surface area contributed by atoms with E-state index in [1.54, 1.807) is 60.7 Å². The van der Waals surface area contributed by atoms with Gasteiger partial charge < -0.3 is 30.5 Å². The van der Waals surface area contributed by atoms with Gasteiger partial charge in [-0.3, -0.25) is 25.2 Å². The highest BCUT2D eigenvalue weighted by Crippen LogP contribution is 2.41. The van der Waals surface area contributed by atoms with Gasteiger partial charge >= 0.3 is 18.0 Å². The van der Waals surface area contributed by atoms with E-state index in [1.807, 2.05) is 0 Å². The Morgan fingerprint density at radius 2 is 1.44 bits per heavy atom. The lowest BCUT2D eigenvalue weighted by molar-refractivity contribution is -0.153.